The van der Waals surface area contributed by atoms with Crippen LogP contribution in [0.4, 0.5) is 5.69 Å². The van der Waals surface area contributed by atoms with Crippen molar-refractivity contribution in [1.82, 2.24) is 0 Å². The van der Waals surface area contributed by atoms with Crippen molar-refractivity contribution in [2.45, 2.75) is 18.2 Å². The lowest BCUT2D eigenvalue weighted by Gasteiger charge is -2.10. The highest BCUT2D eigenvalue weighted by Crippen LogP contribution is 2.28. The Hall–Kier alpha value is -2.59. The van der Waals surface area contributed by atoms with Crippen LogP contribution < -0.4 is 4.72 Å². The molecule has 1 aliphatic rings. The fourth-order valence-corrected chi connectivity index (χ4v) is 4.20. The summed E-state index contributed by atoms with van der Waals surface area (Å²) in [5.74, 6) is 0. The molecule has 0 aliphatic heterocycles. The van der Waals surface area contributed by atoms with Crippen LogP contribution in [0.15, 0.2) is 71.1 Å². The van der Waals surface area contributed by atoms with Crippen molar-refractivity contribution in [2.24, 2.45) is 0 Å². The van der Waals surface area contributed by atoms with E-state index in [0.29, 0.717) is 5.69 Å². The van der Waals surface area contributed by atoms with E-state index in [-0.39, 0.29) is 4.90 Å². The molecule has 4 heteroatoms. The van der Waals surface area contributed by atoms with Gasteiger partial charge in [0, 0.05) is 5.69 Å². The largest absolute Gasteiger partial charge is 0.280 e. The first-order valence-electron chi connectivity index (χ1n) is 7.83. The first kappa shape index (κ1) is 15.0. The lowest BCUT2D eigenvalue weighted by atomic mass is 10.1. The number of sulfonamides is 1. The zero-order valence-corrected chi connectivity index (χ0v) is 14.1. The van der Waals surface area contributed by atoms with E-state index in [1.54, 1.807) is 12.1 Å². The molecule has 3 aromatic rings. The Morgan fingerprint density at radius 2 is 1.71 bits per heavy atom. The highest BCUT2D eigenvalue weighted by Gasteiger charge is 2.16. The van der Waals surface area contributed by atoms with Gasteiger partial charge < -0.3 is 0 Å². The summed E-state index contributed by atoms with van der Waals surface area (Å²) < 4.78 is 28.1. The Kier molecular flexibility index (Phi) is 3.43. The normalized spacial score (nSPS) is 13.6. The number of rotatable bonds is 3. The zero-order chi connectivity index (χ0) is 16.7. The molecule has 1 N–H and O–H groups in total. The van der Waals surface area contributed by atoms with Crippen molar-refractivity contribution in [2.75, 3.05) is 4.72 Å². The Morgan fingerprint density at radius 3 is 2.54 bits per heavy atom. The Balaban J connectivity index is 1.69. The zero-order valence-electron chi connectivity index (χ0n) is 13.3. The minimum atomic E-state index is -3.61. The molecule has 0 saturated heterocycles. The van der Waals surface area contributed by atoms with Crippen LogP contribution in [0, 0.1) is 0 Å². The minimum Gasteiger partial charge on any atom is -0.280 e. The van der Waals surface area contributed by atoms with Gasteiger partial charge in [-0.05, 0) is 59.5 Å². The second kappa shape index (κ2) is 5.49. The predicted molar refractivity (Wildman–Crippen MR) is 98.6 cm³/mol. The number of hydrogen-bond acceptors (Lipinski definition) is 2. The van der Waals surface area contributed by atoms with Crippen LogP contribution in [0.3, 0.4) is 0 Å². The number of allylic oxidation sites excluding steroid dienone is 1. The summed E-state index contributed by atoms with van der Waals surface area (Å²) in [4.78, 5) is 0.272. The fraction of sp³-hybridized carbons (Fsp3) is 0.100. The summed E-state index contributed by atoms with van der Waals surface area (Å²) >= 11 is 0. The molecule has 0 saturated carbocycles. The van der Waals surface area contributed by atoms with Gasteiger partial charge in [-0.3, -0.25) is 4.72 Å². The van der Waals surface area contributed by atoms with Gasteiger partial charge in [-0.1, -0.05) is 48.0 Å². The molecule has 0 heterocycles. The maximum absolute atomic E-state index is 12.7. The van der Waals surface area contributed by atoms with Crippen molar-refractivity contribution in [3.8, 4) is 0 Å². The molecule has 0 amide bonds. The van der Waals surface area contributed by atoms with E-state index in [1.165, 1.54) is 11.1 Å². The van der Waals surface area contributed by atoms with Crippen LogP contribution in [0.2, 0.25) is 0 Å². The predicted octanol–water partition coefficient (Wildman–Crippen LogP) is 4.60. The monoisotopic (exact) mass is 335 g/mol. The Morgan fingerprint density at radius 1 is 0.917 bits per heavy atom. The van der Waals surface area contributed by atoms with Gasteiger partial charge >= 0.3 is 0 Å². The van der Waals surface area contributed by atoms with Crippen LogP contribution in [-0.4, -0.2) is 8.42 Å². The molecule has 0 aromatic heterocycles. The molecule has 0 bridgehead atoms. The van der Waals surface area contributed by atoms with Gasteiger partial charge in [0.05, 0.1) is 4.90 Å². The quantitative estimate of drug-likeness (QED) is 0.760. The lowest BCUT2D eigenvalue weighted by molar-refractivity contribution is 0.601. The van der Waals surface area contributed by atoms with Crippen molar-refractivity contribution in [3.05, 3.63) is 77.4 Å². The summed E-state index contributed by atoms with van der Waals surface area (Å²) in [5.41, 5.74) is 4.21. The minimum absolute atomic E-state index is 0.272. The van der Waals surface area contributed by atoms with E-state index in [0.717, 1.165) is 22.8 Å². The number of nitrogens with one attached hydrogen (secondary N) is 1. The molecule has 3 nitrogen and oxygen atoms in total. The topological polar surface area (TPSA) is 46.2 Å². The van der Waals surface area contributed by atoms with Crippen molar-refractivity contribution in [1.29, 1.82) is 0 Å². The van der Waals surface area contributed by atoms with Crippen LogP contribution >= 0.6 is 0 Å². The van der Waals surface area contributed by atoms with Gasteiger partial charge in [-0.25, -0.2) is 8.42 Å². The summed E-state index contributed by atoms with van der Waals surface area (Å²) in [7, 11) is -3.61. The standard InChI is InChI=1S/C20H17NO2S/c1-14-10-17-6-8-19(12-18(17)11-14)21-24(22,23)20-9-7-15-4-2-3-5-16(15)13-20/h2-9,11-13,21H,10H2,1H3. The van der Waals surface area contributed by atoms with Crippen LogP contribution in [0.1, 0.15) is 18.1 Å². The molecule has 0 unspecified atom stereocenters. The highest BCUT2D eigenvalue weighted by atomic mass is 32.2. The number of benzene rings is 3. The Labute approximate surface area is 141 Å². The van der Waals surface area contributed by atoms with E-state index >= 15 is 0 Å². The van der Waals surface area contributed by atoms with Gasteiger partial charge in [-0.15, -0.1) is 0 Å². The number of fused-ring (bicyclic) bond motifs is 2. The third-order valence-corrected chi connectivity index (χ3v) is 5.68. The van der Waals surface area contributed by atoms with Crippen molar-refractivity contribution >= 4 is 32.6 Å². The molecular formula is C20H17NO2S. The second-order valence-corrected chi connectivity index (χ2v) is 7.88. The van der Waals surface area contributed by atoms with E-state index in [1.807, 2.05) is 48.5 Å². The van der Waals surface area contributed by atoms with Gasteiger partial charge in [-0.2, -0.15) is 0 Å². The summed E-state index contributed by atoms with van der Waals surface area (Å²) in [6.07, 6.45) is 3.04. The summed E-state index contributed by atoms with van der Waals surface area (Å²) in [6.45, 7) is 2.08. The molecule has 0 spiro atoms. The first-order valence-corrected chi connectivity index (χ1v) is 9.31. The molecule has 4 rings (SSSR count). The number of anilines is 1. The fourth-order valence-electron chi connectivity index (χ4n) is 3.12. The van der Waals surface area contributed by atoms with Gasteiger partial charge in [0.2, 0.25) is 0 Å². The maximum Gasteiger partial charge on any atom is 0.261 e. The molecule has 0 atom stereocenters. The van der Waals surface area contributed by atoms with Crippen molar-refractivity contribution in [3.63, 3.8) is 0 Å². The molecular weight excluding hydrogens is 318 g/mol. The van der Waals surface area contributed by atoms with Gasteiger partial charge in [0.15, 0.2) is 0 Å². The average molecular weight is 335 g/mol. The SMILES string of the molecule is CC1=Cc2cc(NS(=O)(=O)c3ccc4ccccc4c3)ccc2C1. The summed E-state index contributed by atoms with van der Waals surface area (Å²) in [6, 6.07) is 18.6. The van der Waals surface area contributed by atoms with E-state index in [2.05, 4.69) is 17.7 Å². The van der Waals surface area contributed by atoms with Crippen LogP contribution in [0.5, 0.6) is 0 Å². The lowest BCUT2D eigenvalue weighted by Crippen LogP contribution is -2.13. The maximum atomic E-state index is 12.7. The van der Waals surface area contributed by atoms with Gasteiger partial charge in [0.25, 0.3) is 10.0 Å². The van der Waals surface area contributed by atoms with Crippen LogP contribution in [-0.2, 0) is 16.4 Å². The van der Waals surface area contributed by atoms with Crippen molar-refractivity contribution < 1.29 is 8.42 Å². The molecule has 120 valence electrons. The van der Waals surface area contributed by atoms with E-state index < -0.39 is 10.0 Å². The van der Waals surface area contributed by atoms with Crippen LogP contribution in [0.25, 0.3) is 16.8 Å². The Bertz CT molecular complexity index is 1080. The second-order valence-electron chi connectivity index (χ2n) is 6.20. The summed E-state index contributed by atoms with van der Waals surface area (Å²) in [5, 5.41) is 1.93. The van der Waals surface area contributed by atoms with E-state index in [9.17, 15) is 8.42 Å². The number of hydrogen-bond donors (Lipinski definition) is 1. The average Bonchev–Trinajstić information content (AvgIpc) is 2.93. The third-order valence-electron chi connectivity index (χ3n) is 4.30. The molecule has 0 fully saturated rings. The molecule has 24 heavy (non-hydrogen) atoms. The smallest absolute Gasteiger partial charge is 0.261 e. The first-order chi connectivity index (χ1) is 11.5. The molecule has 3 aromatic carbocycles. The highest BCUT2D eigenvalue weighted by molar-refractivity contribution is 7.92. The third kappa shape index (κ3) is 2.69. The van der Waals surface area contributed by atoms with Gasteiger partial charge in [0.1, 0.15) is 0 Å². The molecule has 0 radical (unpaired) electrons. The van der Waals surface area contributed by atoms with E-state index in [4.69, 9.17) is 0 Å². The molecule has 1 aliphatic carbocycles.